The van der Waals surface area contributed by atoms with Crippen LogP contribution in [0.1, 0.15) is 29.9 Å². The highest BCUT2D eigenvalue weighted by molar-refractivity contribution is 6.34. The molecule has 1 heterocycles. The van der Waals surface area contributed by atoms with E-state index in [0.717, 1.165) is 5.69 Å². The number of carbonyl (C=O) groups is 1. The number of hydrogen-bond donors (Lipinski definition) is 1. The van der Waals surface area contributed by atoms with E-state index in [1.165, 1.54) is 0 Å². The molecule has 24 heavy (non-hydrogen) atoms. The van der Waals surface area contributed by atoms with Crippen LogP contribution in [0.2, 0.25) is 5.02 Å². The van der Waals surface area contributed by atoms with Crippen LogP contribution in [0.4, 0.5) is 5.95 Å². The first-order chi connectivity index (χ1) is 11.4. The van der Waals surface area contributed by atoms with E-state index < -0.39 is 0 Å². The lowest BCUT2D eigenvalue weighted by Gasteiger charge is -2.13. The third kappa shape index (κ3) is 4.83. The predicted octanol–water partition coefficient (Wildman–Crippen LogP) is 2.91. The molecule has 0 spiro atoms. The van der Waals surface area contributed by atoms with Crippen molar-refractivity contribution in [1.82, 2.24) is 15.3 Å². The molecule has 6 nitrogen and oxygen atoms in total. The van der Waals surface area contributed by atoms with Gasteiger partial charge in [0, 0.05) is 20.3 Å². The SMILES string of the molecule is CC(C)Oc1ccc(C(=O)NCc2ccnc(N(C)C)n2)c(Cl)c1. The van der Waals surface area contributed by atoms with E-state index >= 15 is 0 Å². The van der Waals surface area contributed by atoms with Gasteiger partial charge >= 0.3 is 0 Å². The van der Waals surface area contributed by atoms with Gasteiger partial charge in [-0.25, -0.2) is 9.97 Å². The van der Waals surface area contributed by atoms with Crippen LogP contribution >= 0.6 is 11.6 Å². The van der Waals surface area contributed by atoms with Gasteiger partial charge in [0.25, 0.3) is 5.91 Å². The Morgan fingerprint density at radius 2 is 2.08 bits per heavy atom. The molecule has 0 saturated carbocycles. The number of anilines is 1. The molecule has 0 aliphatic carbocycles. The highest BCUT2D eigenvalue weighted by atomic mass is 35.5. The van der Waals surface area contributed by atoms with Crippen molar-refractivity contribution in [2.24, 2.45) is 0 Å². The fourth-order valence-corrected chi connectivity index (χ4v) is 2.25. The Kier molecular flexibility index (Phi) is 5.98. The number of ether oxygens (including phenoxy) is 1. The van der Waals surface area contributed by atoms with Crippen molar-refractivity contribution < 1.29 is 9.53 Å². The lowest BCUT2D eigenvalue weighted by atomic mass is 10.2. The summed E-state index contributed by atoms with van der Waals surface area (Å²) < 4.78 is 5.56. The predicted molar refractivity (Wildman–Crippen MR) is 94.7 cm³/mol. The number of amides is 1. The summed E-state index contributed by atoms with van der Waals surface area (Å²) >= 11 is 6.18. The van der Waals surface area contributed by atoms with Gasteiger partial charge in [-0.05, 0) is 38.1 Å². The Morgan fingerprint density at radius 1 is 1.33 bits per heavy atom. The maximum absolute atomic E-state index is 12.3. The quantitative estimate of drug-likeness (QED) is 0.869. The smallest absolute Gasteiger partial charge is 0.253 e. The van der Waals surface area contributed by atoms with E-state index in [9.17, 15) is 4.79 Å². The molecule has 1 amide bonds. The molecule has 1 aromatic carbocycles. The van der Waals surface area contributed by atoms with Crippen molar-refractivity contribution in [2.75, 3.05) is 19.0 Å². The Morgan fingerprint density at radius 3 is 2.71 bits per heavy atom. The Hall–Kier alpha value is -2.34. The van der Waals surface area contributed by atoms with E-state index in [0.29, 0.717) is 28.8 Å². The van der Waals surface area contributed by atoms with Gasteiger partial charge in [-0.15, -0.1) is 0 Å². The van der Waals surface area contributed by atoms with E-state index in [1.54, 1.807) is 35.4 Å². The van der Waals surface area contributed by atoms with Crippen LogP contribution in [0.5, 0.6) is 5.75 Å². The number of rotatable bonds is 6. The van der Waals surface area contributed by atoms with Crippen molar-refractivity contribution in [3.8, 4) is 5.75 Å². The first kappa shape index (κ1) is 18.0. The summed E-state index contributed by atoms with van der Waals surface area (Å²) in [6.07, 6.45) is 1.71. The zero-order chi connectivity index (χ0) is 17.7. The Labute approximate surface area is 146 Å². The maximum Gasteiger partial charge on any atom is 0.253 e. The van der Waals surface area contributed by atoms with Crippen LogP contribution in [0.25, 0.3) is 0 Å². The van der Waals surface area contributed by atoms with Crippen LogP contribution in [0.3, 0.4) is 0 Å². The Bertz CT molecular complexity index is 719. The summed E-state index contributed by atoms with van der Waals surface area (Å²) in [5, 5.41) is 3.16. The van der Waals surface area contributed by atoms with Crippen molar-refractivity contribution in [2.45, 2.75) is 26.5 Å². The second kappa shape index (κ2) is 7.97. The third-order valence-corrected chi connectivity index (χ3v) is 3.40. The molecule has 2 aromatic rings. The standard InChI is InChI=1S/C17H21ClN4O2/c1-11(2)24-13-5-6-14(15(18)9-13)16(23)20-10-12-7-8-19-17(21-12)22(3)4/h5-9,11H,10H2,1-4H3,(H,20,23). The van der Waals surface area contributed by atoms with Crippen LogP contribution in [-0.4, -0.2) is 36.1 Å². The number of halogens is 1. The third-order valence-electron chi connectivity index (χ3n) is 3.09. The summed E-state index contributed by atoms with van der Waals surface area (Å²) in [6, 6.07) is 6.79. The Balaban J connectivity index is 2.03. The highest BCUT2D eigenvalue weighted by Gasteiger charge is 2.12. The highest BCUT2D eigenvalue weighted by Crippen LogP contribution is 2.23. The molecule has 128 valence electrons. The molecule has 0 atom stereocenters. The van der Waals surface area contributed by atoms with Crippen molar-refractivity contribution in [1.29, 1.82) is 0 Å². The van der Waals surface area contributed by atoms with Gasteiger partial charge in [0.2, 0.25) is 5.95 Å². The van der Waals surface area contributed by atoms with Gasteiger partial charge in [0.1, 0.15) is 5.75 Å². The minimum Gasteiger partial charge on any atom is -0.491 e. The van der Waals surface area contributed by atoms with E-state index in [2.05, 4.69) is 15.3 Å². The van der Waals surface area contributed by atoms with Crippen molar-refractivity contribution in [3.63, 3.8) is 0 Å². The summed E-state index contributed by atoms with van der Waals surface area (Å²) in [7, 11) is 3.72. The minimum absolute atomic E-state index is 0.0457. The molecule has 0 aliphatic heterocycles. The molecule has 7 heteroatoms. The summed E-state index contributed by atoms with van der Waals surface area (Å²) in [6.45, 7) is 4.15. The largest absolute Gasteiger partial charge is 0.491 e. The fraction of sp³-hybridized carbons (Fsp3) is 0.353. The normalized spacial score (nSPS) is 10.6. The van der Waals surface area contributed by atoms with E-state index in [4.69, 9.17) is 16.3 Å². The summed E-state index contributed by atoms with van der Waals surface area (Å²) in [5.41, 5.74) is 1.12. The molecule has 0 fully saturated rings. The van der Waals surface area contributed by atoms with Gasteiger partial charge in [0.15, 0.2) is 0 Å². The second-order valence-corrected chi connectivity index (χ2v) is 6.14. The summed E-state index contributed by atoms with van der Waals surface area (Å²) in [4.78, 5) is 22.6. The monoisotopic (exact) mass is 348 g/mol. The van der Waals surface area contributed by atoms with Crippen LogP contribution < -0.4 is 15.0 Å². The molecule has 1 aromatic heterocycles. The second-order valence-electron chi connectivity index (χ2n) is 5.73. The van der Waals surface area contributed by atoms with E-state index in [-0.39, 0.29) is 12.0 Å². The fourth-order valence-electron chi connectivity index (χ4n) is 1.99. The molecular formula is C17H21ClN4O2. The first-order valence-electron chi connectivity index (χ1n) is 7.60. The molecule has 2 rings (SSSR count). The number of nitrogens with zero attached hydrogens (tertiary/aromatic N) is 3. The van der Waals surface area contributed by atoms with Gasteiger partial charge in [-0.2, -0.15) is 0 Å². The molecule has 0 bridgehead atoms. The number of benzene rings is 1. The molecule has 0 saturated heterocycles. The van der Waals surface area contributed by atoms with E-state index in [1.807, 2.05) is 27.9 Å². The average Bonchev–Trinajstić information content (AvgIpc) is 2.52. The molecule has 1 N–H and O–H groups in total. The van der Waals surface area contributed by atoms with Gasteiger partial charge < -0.3 is 15.0 Å². The van der Waals surface area contributed by atoms with Crippen molar-refractivity contribution in [3.05, 3.63) is 46.7 Å². The van der Waals surface area contributed by atoms with Crippen LogP contribution in [-0.2, 0) is 6.54 Å². The number of nitrogens with one attached hydrogen (secondary N) is 1. The molecule has 0 aliphatic rings. The molecule has 0 radical (unpaired) electrons. The molecule has 0 unspecified atom stereocenters. The molecular weight excluding hydrogens is 328 g/mol. The van der Waals surface area contributed by atoms with Crippen molar-refractivity contribution >= 4 is 23.5 Å². The number of hydrogen-bond acceptors (Lipinski definition) is 5. The zero-order valence-corrected chi connectivity index (χ0v) is 15.0. The zero-order valence-electron chi connectivity index (χ0n) is 14.2. The average molecular weight is 349 g/mol. The lowest BCUT2D eigenvalue weighted by molar-refractivity contribution is 0.0950. The maximum atomic E-state index is 12.3. The van der Waals surface area contributed by atoms with Crippen LogP contribution in [0.15, 0.2) is 30.5 Å². The lowest BCUT2D eigenvalue weighted by Crippen LogP contribution is -2.24. The van der Waals surface area contributed by atoms with Gasteiger partial charge in [-0.1, -0.05) is 11.6 Å². The topological polar surface area (TPSA) is 67.3 Å². The minimum atomic E-state index is -0.263. The van der Waals surface area contributed by atoms with Gasteiger partial charge in [-0.3, -0.25) is 4.79 Å². The number of carbonyl (C=O) groups excluding carboxylic acids is 1. The van der Waals surface area contributed by atoms with Gasteiger partial charge in [0.05, 0.1) is 28.9 Å². The first-order valence-corrected chi connectivity index (χ1v) is 7.98. The van der Waals surface area contributed by atoms with Crippen LogP contribution in [0, 0.1) is 0 Å². The number of aromatic nitrogens is 2. The summed E-state index contributed by atoms with van der Waals surface area (Å²) in [5.74, 6) is 0.967.